The van der Waals surface area contributed by atoms with E-state index in [1.54, 1.807) is 12.5 Å². The van der Waals surface area contributed by atoms with Crippen molar-refractivity contribution >= 4 is 24.1 Å². The van der Waals surface area contributed by atoms with Crippen LogP contribution in [0.1, 0.15) is 188 Å². The maximum absolute atomic E-state index is 12.6. The molecule has 2 amide bonds. The molecule has 0 aliphatic carbocycles. The van der Waals surface area contributed by atoms with Crippen molar-refractivity contribution in [3.8, 4) is 0 Å². The summed E-state index contributed by atoms with van der Waals surface area (Å²) in [4.78, 5) is 55.8. The van der Waals surface area contributed by atoms with Gasteiger partial charge in [-0.2, -0.15) is 0 Å². The summed E-state index contributed by atoms with van der Waals surface area (Å²) in [5.41, 5.74) is 0. The number of nitrogens with zero attached hydrogens (tertiary/aromatic N) is 3. The van der Waals surface area contributed by atoms with E-state index in [4.69, 9.17) is 18.9 Å². The Morgan fingerprint density at radius 2 is 1.03 bits per heavy atom. The first-order valence-corrected chi connectivity index (χ1v) is 23.7. The fourth-order valence-corrected chi connectivity index (χ4v) is 6.82. The molecule has 0 spiro atoms. The van der Waals surface area contributed by atoms with Gasteiger partial charge in [0.2, 0.25) is 0 Å². The standard InChI is InChI=1S/C46H85N5O8/c1-5-9-11-13-15-19-26-41(7-3)58-45(54)48-30-21-17-23-38-56-43(52)28-35-50(33-25-34-51-37-32-47-40-51)36-29-44(53)57-39-24-18-22-31-49-46(55)59-42(8-4)27-20-16-14-12-10-6-2/h32,37,40-42H,5-31,33-36,38-39H2,1-4H3,(H,48,54)(H,49,55). The number of imidazole rings is 1. The Morgan fingerprint density at radius 3 is 1.47 bits per heavy atom. The zero-order chi connectivity index (χ0) is 43.0. The average molecular weight is 836 g/mol. The number of hydrogen-bond donors (Lipinski definition) is 2. The summed E-state index contributed by atoms with van der Waals surface area (Å²) in [6, 6.07) is 0. The third-order valence-corrected chi connectivity index (χ3v) is 10.6. The van der Waals surface area contributed by atoms with Gasteiger partial charge in [0.25, 0.3) is 0 Å². The Kier molecular flexibility index (Phi) is 35.3. The number of carbonyl (C=O) groups is 4. The van der Waals surface area contributed by atoms with E-state index in [1.807, 2.05) is 10.8 Å². The van der Waals surface area contributed by atoms with Gasteiger partial charge >= 0.3 is 24.1 Å². The second-order valence-corrected chi connectivity index (χ2v) is 15.9. The van der Waals surface area contributed by atoms with Gasteiger partial charge in [0.1, 0.15) is 12.2 Å². The van der Waals surface area contributed by atoms with Gasteiger partial charge in [-0.3, -0.25) is 9.59 Å². The summed E-state index contributed by atoms with van der Waals surface area (Å²) < 4.78 is 24.2. The fourth-order valence-electron chi connectivity index (χ4n) is 6.82. The molecular formula is C46H85N5O8. The third kappa shape index (κ3) is 33.1. The molecule has 1 aromatic heterocycles. The maximum atomic E-state index is 12.6. The molecule has 0 saturated heterocycles. The summed E-state index contributed by atoms with van der Waals surface area (Å²) in [7, 11) is 0. The van der Waals surface area contributed by atoms with E-state index in [-0.39, 0.29) is 49.2 Å². The molecule has 1 aromatic rings. The molecule has 0 bridgehead atoms. The van der Waals surface area contributed by atoms with E-state index >= 15 is 0 Å². The molecular weight excluding hydrogens is 751 g/mol. The van der Waals surface area contributed by atoms with Crippen LogP contribution in [0.3, 0.4) is 0 Å². The number of carbonyl (C=O) groups excluding carboxylic acids is 4. The zero-order valence-electron chi connectivity index (χ0n) is 37.8. The minimum Gasteiger partial charge on any atom is -0.466 e. The monoisotopic (exact) mass is 836 g/mol. The highest BCUT2D eigenvalue weighted by atomic mass is 16.6. The summed E-state index contributed by atoms with van der Waals surface area (Å²) >= 11 is 0. The van der Waals surface area contributed by atoms with Crippen LogP contribution in [-0.4, -0.2) is 96.7 Å². The fraction of sp³-hybridized carbons (Fsp3) is 0.848. The SMILES string of the molecule is CCCCCCCCC(CC)OC(=O)NCCCCCOC(=O)CCN(CCCn1ccnc1)CCC(=O)OCCCCCNC(=O)OC(CC)CCCCCCCC. The molecule has 0 saturated carbocycles. The molecule has 0 aromatic carbocycles. The van der Waals surface area contributed by atoms with Crippen LogP contribution in [0.2, 0.25) is 0 Å². The van der Waals surface area contributed by atoms with Crippen LogP contribution < -0.4 is 10.6 Å². The van der Waals surface area contributed by atoms with Crippen molar-refractivity contribution in [2.45, 2.75) is 207 Å². The van der Waals surface area contributed by atoms with Gasteiger partial charge in [-0.25, -0.2) is 14.6 Å². The van der Waals surface area contributed by atoms with Gasteiger partial charge < -0.3 is 39.0 Å². The Bertz CT molecular complexity index is 1090. The number of nitrogens with one attached hydrogen (secondary N) is 2. The van der Waals surface area contributed by atoms with Gasteiger partial charge in [-0.15, -0.1) is 0 Å². The molecule has 0 radical (unpaired) electrons. The van der Waals surface area contributed by atoms with Gasteiger partial charge in [0, 0.05) is 45.1 Å². The summed E-state index contributed by atoms with van der Waals surface area (Å²) in [5.74, 6) is -0.517. The summed E-state index contributed by atoms with van der Waals surface area (Å²) in [5, 5.41) is 5.71. The molecule has 0 aliphatic rings. The van der Waals surface area contributed by atoms with Gasteiger partial charge in [-0.1, -0.05) is 91.9 Å². The van der Waals surface area contributed by atoms with Crippen LogP contribution in [0.5, 0.6) is 0 Å². The first-order valence-electron chi connectivity index (χ1n) is 23.7. The predicted octanol–water partition coefficient (Wildman–Crippen LogP) is 10.3. The number of amides is 2. The first-order chi connectivity index (χ1) is 28.8. The minimum absolute atomic E-state index is 0.0321. The maximum Gasteiger partial charge on any atom is 0.407 e. The van der Waals surface area contributed by atoms with Crippen LogP contribution in [0.4, 0.5) is 9.59 Å². The highest BCUT2D eigenvalue weighted by molar-refractivity contribution is 5.70. The molecule has 59 heavy (non-hydrogen) atoms. The topological polar surface area (TPSA) is 150 Å². The average Bonchev–Trinajstić information content (AvgIpc) is 3.76. The molecule has 342 valence electrons. The number of unbranched alkanes of at least 4 members (excludes halogenated alkanes) is 14. The largest absolute Gasteiger partial charge is 0.466 e. The van der Waals surface area contributed by atoms with Crippen molar-refractivity contribution in [3.63, 3.8) is 0 Å². The lowest BCUT2D eigenvalue weighted by atomic mass is 10.1. The van der Waals surface area contributed by atoms with E-state index in [0.717, 1.165) is 96.6 Å². The molecule has 0 aliphatic heterocycles. The Morgan fingerprint density at radius 1 is 0.576 bits per heavy atom. The van der Waals surface area contributed by atoms with E-state index < -0.39 is 0 Å². The van der Waals surface area contributed by atoms with E-state index in [1.165, 1.54) is 64.2 Å². The molecule has 13 nitrogen and oxygen atoms in total. The van der Waals surface area contributed by atoms with Crippen molar-refractivity contribution in [2.24, 2.45) is 0 Å². The number of esters is 2. The van der Waals surface area contributed by atoms with E-state index in [0.29, 0.717) is 39.4 Å². The van der Waals surface area contributed by atoms with Crippen molar-refractivity contribution in [2.75, 3.05) is 45.9 Å². The molecule has 1 rings (SSSR count). The van der Waals surface area contributed by atoms with Crippen molar-refractivity contribution < 1.29 is 38.1 Å². The number of alkyl carbamates (subject to hydrolysis) is 2. The lowest BCUT2D eigenvalue weighted by Crippen LogP contribution is -2.31. The van der Waals surface area contributed by atoms with E-state index in [9.17, 15) is 19.2 Å². The van der Waals surface area contributed by atoms with Crippen LogP contribution in [0.25, 0.3) is 0 Å². The molecule has 2 N–H and O–H groups in total. The molecule has 0 fully saturated rings. The molecule has 1 heterocycles. The highest BCUT2D eigenvalue weighted by Gasteiger charge is 2.15. The third-order valence-electron chi connectivity index (χ3n) is 10.6. The molecule has 13 heteroatoms. The second kappa shape index (κ2) is 38.8. The minimum atomic E-state index is -0.351. The normalized spacial score (nSPS) is 12.2. The quantitative estimate of drug-likeness (QED) is 0.0371. The number of rotatable bonds is 40. The van der Waals surface area contributed by atoms with Crippen LogP contribution in [0, 0.1) is 0 Å². The number of hydrogen-bond acceptors (Lipinski definition) is 10. The first kappa shape index (κ1) is 53.7. The van der Waals surface area contributed by atoms with Crippen LogP contribution in [-0.2, 0) is 35.1 Å². The van der Waals surface area contributed by atoms with Crippen LogP contribution in [0.15, 0.2) is 18.7 Å². The Balaban J connectivity index is 2.22. The van der Waals surface area contributed by atoms with Crippen molar-refractivity contribution in [1.82, 2.24) is 25.1 Å². The molecule has 2 unspecified atom stereocenters. The Labute approximate surface area is 358 Å². The second-order valence-electron chi connectivity index (χ2n) is 15.9. The lowest BCUT2D eigenvalue weighted by Gasteiger charge is -2.21. The zero-order valence-corrected chi connectivity index (χ0v) is 37.8. The molecule has 2 atom stereocenters. The van der Waals surface area contributed by atoms with Crippen molar-refractivity contribution in [1.29, 1.82) is 0 Å². The van der Waals surface area contributed by atoms with Gasteiger partial charge in [-0.05, 0) is 90.0 Å². The number of ether oxygens (including phenoxy) is 4. The van der Waals surface area contributed by atoms with Gasteiger partial charge in [0.05, 0.1) is 32.4 Å². The Hall–Kier alpha value is -3.35. The highest BCUT2D eigenvalue weighted by Crippen LogP contribution is 2.14. The van der Waals surface area contributed by atoms with Crippen molar-refractivity contribution in [3.05, 3.63) is 18.7 Å². The lowest BCUT2D eigenvalue weighted by molar-refractivity contribution is -0.144. The van der Waals surface area contributed by atoms with Crippen LogP contribution >= 0.6 is 0 Å². The number of aromatic nitrogens is 2. The summed E-state index contributed by atoms with van der Waals surface area (Å²) in [6.45, 7) is 12.8. The smallest absolute Gasteiger partial charge is 0.407 e. The number of aryl methyl sites for hydroxylation is 1. The predicted molar refractivity (Wildman–Crippen MR) is 235 cm³/mol. The van der Waals surface area contributed by atoms with E-state index in [2.05, 4.69) is 48.2 Å². The summed E-state index contributed by atoms with van der Waals surface area (Å²) in [6.07, 6.45) is 28.9. The van der Waals surface area contributed by atoms with Gasteiger partial charge in [0.15, 0.2) is 0 Å².